The predicted molar refractivity (Wildman–Crippen MR) is 77.0 cm³/mol. The minimum absolute atomic E-state index is 0.0154. The number of aromatic nitrogens is 1. The number of benzene rings is 1. The number of aryl methyl sites for hydroxylation is 2. The summed E-state index contributed by atoms with van der Waals surface area (Å²) in [6.45, 7) is 4.46. The van der Waals surface area contributed by atoms with E-state index in [0.29, 0.717) is 12.3 Å². The highest BCUT2D eigenvalue weighted by Gasteiger charge is 2.04. The summed E-state index contributed by atoms with van der Waals surface area (Å²) in [6, 6.07) is 9.60. The molecule has 5 heteroatoms. The number of oxime groups is 1. The van der Waals surface area contributed by atoms with E-state index in [-0.39, 0.29) is 5.84 Å². The van der Waals surface area contributed by atoms with Gasteiger partial charge in [-0.1, -0.05) is 22.9 Å². The lowest BCUT2D eigenvalue weighted by Gasteiger charge is -2.10. The second kappa shape index (κ2) is 6.06. The van der Waals surface area contributed by atoms with Gasteiger partial charge in [0.15, 0.2) is 5.84 Å². The lowest BCUT2D eigenvalue weighted by atomic mass is 10.1. The van der Waals surface area contributed by atoms with E-state index in [2.05, 4.69) is 16.2 Å². The topological polar surface area (TPSA) is 80.7 Å². The van der Waals surface area contributed by atoms with Gasteiger partial charge in [-0.25, -0.2) is 0 Å². The number of nitrogens with zero attached hydrogens (tertiary/aromatic N) is 2. The van der Waals surface area contributed by atoms with Gasteiger partial charge in [0.2, 0.25) is 0 Å². The predicted octanol–water partition coefficient (Wildman–Crippen LogP) is 2.37. The molecule has 0 radical (unpaired) electrons. The molecule has 0 atom stereocenters. The van der Waals surface area contributed by atoms with E-state index in [1.54, 1.807) is 12.3 Å². The van der Waals surface area contributed by atoms with E-state index in [1.807, 2.05) is 32.0 Å². The highest BCUT2D eigenvalue weighted by molar-refractivity contribution is 5.95. The fraction of sp³-hybridized carbons (Fsp3) is 0.200. The van der Waals surface area contributed by atoms with Crippen LogP contribution in [0.2, 0.25) is 0 Å². The van der Waals surface area contributed by atoms with Crippen LogP contribution in [-0.4, -0.2) is 16.0 Å². The van der Waals surface area contributed by atoms with E-state index >= 15 is 0 Å². The van der Waals surface area contributed by atoms with E-state index in [9.17, 15) is 0 Å². The fourth-order valence-electron chi connectivity index (χ4n) is 1.88. The molecule has 1 heterocycles. The Kier molecular flexibility index (Phi) is 4.20. The van der Waals surface area contributed by atoms with Crippen molar-refractivity contribution in [1.29, 1.82) is 0 Å². The molecule has 5 nitrogen and oxygen atoms in total. The zero-order valence-electron chi connectivity index (χ0n) is 11.5. The molecule has 2 aromatic rings. The van der Waals surface area contributed by atoms with Crippen LogP contribution >= 0.6 is 0 Å². The first-order chi connectivity index (χ1) is 9.60. The average molecular weight is 271 g/mol. The third kappa shape index (κ3) is 3.26. The molecule has 0 fully saturated rings. The van der Waals surface area contributed by atoms with Gasteiger partial charge in [0.25, 0.3) is 0 Å². The van der Waals surface area contributed by atoms with Crippen molar-refractivity contribution in [1.82, 2.24) is 4.98 Å². The normalized spacial score (nSPS) is 11.4. The van der Waals surface area contributed by atoms with Gasteiger partial charge in [-0.3, -0.25) is 4.98 Å². The highest BCUT2D eigenvalue weighted by atomic mass is 16.5. The molecule has 0 amide bonds. The number of hydrogen-bond acceptors (Lipinski definition) is 4. The Bertz CT molecular complexity index is 639. The molecule has 2 rings (SSSR count). The lowest BCUT2D eigenvalue weighted by molar-refractivity contribution is 0.304. The van der Waals surface area contributed by atoms with Gasteiger partial charge in [0.1, 0.15) is 18.1 Å². The second-order valence-corrected chi connectivity index (χ2v) is 4.59. The summed E-state index contributed by atoms with van der Waals surface area (Å²) in [5.41, 5.74) is 9.13. The standard InChI is InChI=1S/C15H17N3O2/c1-10-3-4-14(11(2)7-10)20-9-12-5-6-17-13(8-12)15(16)18-19/h3-8,19H,9H2,1-2H3,(H2,16,18). The Morgan fingerprint density at radius 3 is 2.80 bits per heavy atom. The molecule has 0 spiro atoms. The number of amidine groups is 1. The number of rotatable bonds is 4. The summed E-state index contributed by atoms with van der Waals surface area (Å²) in [5, 5.41) is 11.6. The summed E-state index contributed by atoms with van der Waals surface area (Å²) in [4.78, 5) is 4.02. The zero-order chi connectivity index (χ0) is 14.5. The molecule has 0 aliphatic heterocycles. The minimum atomic E-state index is -0.0154. The summed E-state index contributed by atoms with van der Waals surface area (Å²) >= 11 is 0. The van der Waals surface area contributed by atoms with Gasteiger partial charge < -0.3 is 15.7 Å². The first kappa shape index (κ1) is 13.9. The van der Waals surface area contributed by atoms with E-state index in [4.69, 9.17) is 15.7 Å². The number of hydrogen-bond donors (Lipinski definition) is 2. The number of pyridine rings is 1. The first-order valence-electron chi connectivity index (χ1n) is 6.23. The molecule has 20 heavy (non-hydrogen) atoms. The fourth-order valence-corrected chi connectivity index (χ4v) is 1.88. The Morgan fingerprint density at radius 1 is 1.30 bits per heavy atom. The third-order valence-corrected chi connectivity index (χ3v) is 2.92. The van der Waals surface area contributed by atoms with Crippen molar-refractivity contribution in [2.45, 2.75) is 20.5 Å². The van der Waals surface area contributed by atoms with Crippen molar-refractivity contribution in [2.75, 3.05) is 0 Å². The molecule has 104 valence electrons. The summed E-state index contributed by atoms with van der Waals surface area (Å²) < 4.78 is 5.78. The molecule has 0 aliphatic carbocycles. The van der Waals surface area contributed by atoms with Crippen LogP contribution in [0, 0.1) is 13.8 Å². The number of nitrogens with two attached hydrogens (primary N) is 1. The monoisotopic (exact) mass is 271 g/mol. The molecular formula is C15H17N3O2. The van der Waals surface area contributed by atoms with Crippen LogP contribution in [0.15, 0.2) is 41.7 Å². The van der Waals surface area contributed by atoms with Crippen LogP contribution in [0.3, 0.4) is 0 Å². The molecule has 0 saturated carbocycles. The Hall–Kier alpha value is -2.56. The molecular weight excluding hydrogens is 254 g/mol. The van der Waals surface area contributed by atoms with Crippen molar-refractivity contribution in [3.63, 3.8) is 0 Å². The van der Waals surface area contributed by atoms with Crippen molar-refractivity contribution in [3.8, 4) is 5.75 Å². The van der Waals surface area contributed by atoms with Crippen molar-refractivity contribution < 1.29 is 9.94 Å². The molecule has 1 aromatic carbocycles. The summed E-state index contributed by atoms with van der Waals surface area (Å²) in [7, 11) is 0. The van der Waals surface area contributed by atoms with Gasteiger partial charge in [0.05, 0.1) is 0 Å². The van der Waals surface area contributed by atoms with Crippen LogP contribution in [0.4, 0.5) is 0 Å². The maximum atomic E-state index is 8.64. The van der Waals surface area contributed by atoms with Crippen molar-refractivity contribution >= 4 is 5.84 Å². The van der Waals surface area contributed by atoms with E-state index < -0.39 is 0 Å². The quantitative estimate of drug-likeness (QED) is 0.387. The maximum Gasteiger partial charge on any atom is 0.188 e. The maximum absolute atomic E-state index is 8.64. The van der Waals surface area contributed by atoms with Gasteiger partial charge in [-0.05, 0) is 43.2 Å². The zero-order valence-corrected chi connectivity index (χ0v) is 11.5. The Balaban J connectivity index is 2.11. The van der Waals surface area contributed by atoms with Gasteiger partial charge in [-0.15, -0.1) is 0 Å². The molecule has 1 aromatic heterocycles. The largest absolute Gasteiger partial charge is 0.489 e. The average Bonchev–Trinajstić information content (AvgIpc) is 2.46. The first-order valence-corrected chi connectivity index (χ1v) is 6.23. The van der Waals surface area contributed by atoms with Gasteiger partial charge in [-0.2, -0.15) is 0 Å². The van der Waals surface area contributed by atoms with Gasteiger partial charge in [0, 0.05) is 6.20 Å². The van der Waals surface area contributed by atoms with Crippen molar-refractivity contribution in [2.24, 2.45) is 10.9 Å². The number of ether oxygens (including phenoxy) is 1. The Morgan fingerprint density at radius 2 is 2.10 bits per heavy atom. The third-order valence-electron chi connectivity index (χ3n) is 2.92. The SMILES string of the molecule is Cc1ccc(OCc2ccnc(C(N)=NO)c2)c(C)c1. The van der Waals surface area contributed by atoms with Gasteiger partial charge >= 0.3 is 0 Å². The van der Waals surface area contributed by atoms with E-state index in [1.165, 1.54) is 5.56 Å². The summed E-state index contributed by atoms with van der Waals surface area (Å²) in [6.07, 6.45) is 1.61. The second-order valence-electron chi connectivity index (χ2n) is 4.59. The minimum Gasteiger partial charge on any atom is -0.489 e. The molecule has 0 aliphatic rings. The van der Waals surface area contributed by atoms with Crippen LogP contribution in [-0.2, 0) is 6.61 Å². The van der Waals surface area contributed by atoms with Crippen molar-refractivity contribution in [3.05, 3.63) is 58.9 Å². The van der Waals surface area contributed by atoms with Crippen LogP contribution in [0.1, 0.15) is 22.4 Å². The van der Waals surface area contributed by atoms with Crippen LogP contribution in [0.5, 0.6) is 5.75 Å². The smallest absolute Gasteiger partial charge is 0.188 e. The molecule has 3 N–H and O–H groups in total. The molecule has 0 unspecified atom stereocenters. The van der Waals surface area contributed by atoms with Crippen LogP contribution in [0.25, 0.3) is 0 Å². The lowest BCUT2D eigenvalue weighted by Crippen LogP contribution is -2.15. The molecule has 0 bridgehead atoms. The highest BCUT2D eigenvalue weighted by Crippen LogP contribution is 2.20. The van der Waals surface area contributed by atoms with E-state index in [0.717, 1.165) is 16.9 Å². The Labute approximate surface area is 117 Å². The van der Waals surface area contributed by atoms with Crippen LogP contribution < -0.4 is 10.5 Å². The molecule has 0 saturated heterocycles. The summed E-state index contributed by atoms with van der Waals surface area (Å²) in [5.74, 6) is 0.830.